The molecule has 0 bridgehead atoms. The van der Waals surface area contributed by atoms with Gasteiger partial charge in [-0.05, 0) is 114 Å². The molecule has 3 aliphatic heterocycles. The van der Waals surface area contributed by atoms with Crippen LogP contribution in [0.25, 0.3) is 33.6 Å². The van der Waals surface area contributed by atoms with Crippen LogP contribution in [-0.4, -0.2) is 79.9 Å². The lowest BCUT2D eigenvalue weighted by Gasteiger charge is -2.27. The molecule has 4 aliphatic rings. The van der Waals surface area contributed by atoms with Crippen molar-refractivity contribution in [2.75, 3.05) is 26.8 Å². The molecule has 0 radical (unpaired) electrons. The van der Waals surface area contributed by atoms with Crippen molar-refractivity contribution in [2.24, 2.45) is 11.8 Å². The van der Waals surface area contributed by atoms with E-state index in [4.69, 9.17) is 28.9 Å². The first kappa shape index (κ1) is 36.2. The van der Waals surface area contributed by atoms with E-state index in [9.17, 15) is 9.59 Å². The van der Waals surface area contributed by atoms with E-state index in [0.717, 1.165) is 88.0 Å². The molecule has 12 heteroatoms. The van der Waals surface area contributed by atoms with Crippen molar-refractivity contribution in [3.8, 4) is 39.4 Å². The molecule has 1 unspecified atom stereocenters. The normalized spacial score (nSPS) is 21.9. The highest BCUT2D eigenvalue weighted by Crippen LogP contribution is 2.46. The summed E-state index contributed by atoms with van der Waals surface area (Å²) in [5.41, 5.74) is 8.40. The van der Waals surface area contributed by atoms with Gasteiger partial charge in [-0.25, -0.2) is 19.6 Å². The molecule has 2 saturated heterocycles. The molecule has 2 aromatic carbocycles. The van der Waals surface area contributed by atoms with Crippen molar-refractivity contribution in [3.63, 3.8) is 0 Å². The van der Waals surface area contributed by atoms with Crippen molar-refractivity contribution in [2.45, 2.75) is 104 Å². The molecule has 2 fully saturated rings. The quantitative estimate of drug-likeness (QED) is 0.209. The second-order valence-corrected chi connectivity index (χ2v) is 17.5. The number of likely N-dealkylation sites (tertiary alicyclic amines) is 2. The zero-order chi connectivity index (χ0) is 38.1. The summed E-state index contributed by atoms with van der Waals surface area (Å²) in [5, 5.41) is 0. The summed E-state index contributed by atoms with van der Waals surface area (Å²) in [7, 11) is 1.70. The standard InChI is InChI=1S/C42H52N6O6/c1-23-13-33(47(19-23)39(49)53-41(2,3)4)37-43-18-32(45-37)26-9-11-28-27(15-26)22-52-35-17-29-25(16-30(28)35)10-12-31-36(29)46-38(44-31)34-14-24(21-51-8)20-48(34)40(50)54-42(5,6)7/h9,11,15-18,23-24,33-34H,10,12-14,19-22H2,1-8H3,(H,43,45)(H,44,46)/t23-,24-,33-,34?/m0/s1. The maximum Gasteiger partial charge on any atom is 0.410 e. The zero-order valence-electron chi connectivity index (χ0n) is 32.7. The lowest BCUT2D eigenvalue weighted by atomic mass is 9.86. The Labute approximate surface area is 316 Å². The lowest BCUT2D eigenvalue weighted by molar-refractivity contribution is 0.0201. The molecule has 2 amide bonds. The monoisotopic (exact) mass is 736 g/mol. The minimum absolute atomic E-state index is 0.164. The summed E-state index contributed by atoms with van der Waals surface area (Å²) in [5.74, 6) is 2.94. The first-order chi connectivity index (χ1) is 25.6. The minimum atomic E-state index is -0.592. The molecular formula is C42H52N6O6. The molecule has 12 nitrogen and oxygen atoms in total. The Balaban J connectivity index is 1.04. The fourth-order valence-electron chi connectivity index (χ4n) is 8.47. The highest BCUT2D eigenvalue weighted by Gasteiger charge is 2.41. The number of rotatable bonds is 5. The molecule has 1 aliphatic carbocycles. The SMILES string of the molecule is COC[C@H]1CC(c2nc3c([nH]2)CCc2cc4c(cc2-3)OCc2cc(-c3cnc([C@@H]5C[C@H](C)CN5C(=O)OC(C)(C)C)[nH]3)ccc2-4)N(C(=O)OC(C)(C)C)C1. The van der Waals surface area contributed by atoms with Gasteiger partial charge in [0.15, 0.2) is 0 Å². The van der Waals surface area contributed by atoms with Gasteiger partial charge in [0.2, 0.25) is 0 Å². The van der Waals surface area contributed by atoms with E-state index in [1.54, 1.807) is 16.9 Å². The number of hydrogen-bond acceptors (Lipinski definition) is 8. The van der Waals surface area contributed by atoms with Gasteiger partial charge in [-0.3, -0.25) is 9.80 Å². The number of aryl methyl sites for hydroxylation is 2. The number of carbonyl (C=O) groups excluding carboxylic acids is 2. The Bertz CT molecular complexity index is 2090. The van der Waals surface area contributed by atoms with E-state index >= 15 is 0 Å². The second kappa shape index (κ2) is 13.5. The number of aromatic amines is 2. The average Bonchev–Trinajstić information content (AvgIpc) is 3.91. The van der Waals surface area contributed by atoms with Crippen LogP contribution in [0, 0.1) is 11.8 Å². The van der Waals surface area contributed by atoms with Crippen molar-refractivity contribution in [1.82, 2.24) is 29.7 Å². The summed E-state index contributed by atoms with van der Waals surface area (Å²) in [6.07, 6.45) is 4.50. The van der Waals surface area contributed by atoms with E-state index in [1.165, 1.54) is 5.56 Å². The molecule has 2 aromatic heterocycles. The van der Waals surface area contributed by atoms with Crippen molar-refractivity contribution < 1.29 is 28.5 Å². The van der Waals surface area contributed by atoms with Crippen LogP contribution < -0.4 is 4.74 Å². The molecule has 54 heavy (non-hydrogen) atoms. The Morgan fingerprint density at radius 3 is 2.30 bits per heavy atom. The molecule has 0 spiro atoms. The van der Waals surface area contributed by atoms with Crippen LogP contribution >= 0.6 is 0 Å². The Kier molecular flexibility index (Phi) is 9.02. The Morgan fingerprint density at radius 1 is 0.852 bits per heavy atom. The van der Waals surface area contributed by atoms with Crippen LogP contribution in [0.2, 0.25) is 0 Å². The van der Waals surface area contributed by atoms with E-state index in [-0.39, 0.29) is 30.2 Å². The van der Waals surface area contributed by atoms with Crippen LogP contribution in [0.4, 0.5) is 9.59 Å². The summed E-state index contributed by atoms with van der Waals surface area (Å²) in [4.78, 5) is 47.0. The Morgan fingerprint density at radius 2 is 1.57 bits per heavy atom. The molecule has 8 rings (SSSR count). The third-order valence-corrected chi connectivity index (χ3v) is 10.8. The van der Waals surface area contributed by atoms with Gasteiger partial charge in [0.1, 0.15) is 35.2 Å². The van der Waals surface area contributed by atoms with Gasteiger partial charge in [0, 0.05) is 42.9 Å². The largest absolute Gasteiger partial charge is 0.488 e. The van der Waals surface area contributed by atoms with Crippen molar-refractivity contribution in [1.29, 1.82) is 0 Å². The number of fused-ring (bicyclic) bond motifs is 6. The van der Waals surface area contributed by atoms with Gasteiger partial charge < -0.3 is 28.9 Å². The fourth-order valence-corrected chi connectivity index (χ4v) is 8.47. The summed E-state index contributed by atoms with van der Waals surface area (Å²) in [6, 6.07) is 10.5. The molecule has 286 valence electrons. The van der Waals surface area contributed by atoms with Gasteiger partial charge in [-0.15, -0.1) is 0 Å². The van der Waals surface area contributed by atoms with Crippen LogP contribution in [-0.2, 0) is 33.7 Å². The first-order valence-electron chi connectivity index (χ1n) is 19.2. The number of nitrogens with one attached hydrogen (secondary N) is 2. The summed E-state index contributed by atoms with van der Waals surface area (Å²) >= 11 is 0. The number of imidazole rings is 2. The second-order valence-electron chi connectivity index (χ2n) is 17.5. The van der Waals surface area contributed by atoms with E-state index < -0.39 is 11.2 Å². The van der Waals surface area contributed by atoms with Crippen LogP contribution in [0.1, 0.15) is 102 Å². The fraction of sp³-hybridized carbons (Fsp3) is 0.524. The number of aromatic nitrogens is 4. The average molecular weight is 737 g/mol. The topological polar surface area (TPSA) is 135 Å². The third kappa shape index (κ3) is 6.96. The van der Waals surface area contributed by atoms with Crippen LogP contribution in [0.15, 0.2) is 36.5 Å². The maximum atomic E-state index is 13.3. The van der Waals surface area contributed by atoms with E-state index in [0.29, 0.717) is 32.2 Å². The van der Waals surface area contributed by atoms with Gasteiger partial charge in [-0.1, -0.05) is 19.1 Å². The minimum Gasteiger partial charge on any atom is -0.488 e. The van der Waals surface area contributed by atoms with Crippen LogP contribution in [0.3, 0.4) is 0 Å². The number of benzene rings is 2. The summed E-state index contributed by atoms with van der Waals surface area (Å²) in [6.45, 7) is 15.7. The zero-order valence-corrected chi connectivity index (χ0v) is 32.7. The molecule has 0 saturated carbocycles. The highest BCUT2D eigenvalue weighted by molar-refractivity contribution is 5.83. The number of carbonyl (C=O) groups is 2. The predicted molar refractivity (Wildman–Crippen MR) is 204 cm³/mol. The number of nitrogens with zero attached hydrogens (tertiary/aromatic N) is 4. The summed E-state index contributed by atoms with van der Waals surface area (Å²) < 4.78 is 23.4. The highest BCUT2D eigenvalue weighted by atomic mass is 16.6. The number of ether oxygens (including phenoxy) is 4. The van der Waals surface area contributed by atoms with Gasteiger partial charge in [0.25, 0.3) is 0 Å². The molecule has 2 N–H and O–H groups in total. The smallest absolute Gasteiger partial charge is 0.410 e. The van der Waals surface area contributed by atoms with E-state index in [1.807, 2.05) is 47.7 Å². The predicted octanol–water partition coefficient (Wildman–Crippen LogP) is 8.39. The molecule has 4 atom stereocenters. The molecule has 4 aromatic rings. The number of amides is 2. The number of H-pyrrole nitrogens is 2. The first-order valence-corrected chi connectivity index (χ1v) is 19.2. The van der Waals surface area contributed by atoms with E-state index in [2.05, 4.69) is 47.2 Å². The third-order valence-electron chi connectivity index (χ3n) is 10.8. The lowest BCUT2D eigenvalue weighted by Crippen LogP contribution is -2.37. The number of methoxy groups -OCH3 is 1. The number of hydrogen-bond donors (Lipinski definition) is 2. The Hall–Kier alpha value is -4.84. The molecule has 5 heterocycles. The van der Waals surface area contributed by atoms with Gasteiger partial charge in [-0.2, -0.15) is 0 Å². The van der Waals surface area contributed by atoms with Crippen molar-refractivity contribution >= 4 is 12.2 Å². The van der Waals surface area contributed by atoms with Crippen molar-refractivity contribution in [3.05, 3.63) is 65.0 Å². The van der Waals surface area contributed by atoms with Crippen LogP contribution in [0.5, 0.6) is 5.75 Å². The van der Waals surface area contributed by atoms with Gasteiger partial charge >= 0.3 is 12.2 Å². The van der Waals surface area contributed by atoms with Gasteiger partial charge in [0.05, 0.1) is 36.3 Å². The maximum absolute atomic E-state index is 13.3. The molecular weight excluding hydrogens is 684 g/mol.